The Hall–Kier alpha value is -2.77. The van der Waals surface area contributed by atoms with Gasteiger partial charge in [-0.05, 0) is 24.1 Å². The molecule has 7 nitrogen and oxygen atoms in total. The molecule has 0 radical (unpaired) electrons. The number of hydrogen-bond acceptors (Lipinski definition) is 5. The Kier molecular flexibility index (Phi) is 6.38. The Labute approximate surface area is 168 Å². The van der Waals surface area contributed by atoms with Gasteiger partial charge in [0.2, 0.25) is 0 Å². The van der Waals surface area contributed by atoms with Crippen LogP contribution >= 0.6 is 11.6 Å². The van der Waals surface area contributed by atoms with Crippen LogP contribution in [-0.4, -0.2) is 43.9 Å². The fourth-order valence-corrected chi connectivity index (χ4v) is 2.80. The summed E-state index contributed by atoms with van der Waals surface area (Å²) >= 11 is 5.98. The van der Waals surface area contributed by atoms with Gasteiger partial charge >= 0.3 is 0 Å². The van der Waals surface area contributed by atoms with Crippen molar-refractivity contribution in [2.45, 2.75) is 20.4 Å². The summed E-state index contributed by atoms with van der Waals surface area (Å²) in [6.07, 6.45) is 3.56. The molecule has 0 aliphatic carbocycles. The van der Waals surface area contributed by atoms with E-state index in [1.54, 1.807) is 24.4 Å². The molecular formula is C20H22ClN5O2. The molecule has 2 aromatic heterocycles. The van der Waals surface area contributed by atoms with Crippen LogP contribution in [0.1, 0.15) is 24.3 Å². The van der Waals surface area contributed by atoms with Gasteiger partial charge in [-0.25, -0.2) is 9.97 Å². The Morgan fingerprint density at radius 3 is 2.64 bits per heavy atom. The van der Waals surface area contributed by atoms with Crippen molar-refractivity contribution in [3.05, 3.63) is 53.4 Å². The van der Waals surface area contributed by atoms with E-state index in [1.165, 1.54) is 0 Å². The van der Waals surface area contributed by atoms with Crippen LogP contribution in [0.15, 0.2) is 42.7 Å². The van der Waals surface area contributed by atoms with Gasteiger partial charge in [0.1, 0.15) is 5.69 Å². The van der Waals surface area contributed by atoms with Gasteiger partial charge < -0.3 is 10.4 Å². The summed E-state index contributed by atoms with van der Waals surface area (Å²) in [6, 6.07) is 8.84. The molecule has 0 fully saturated rings. The van der Waals surface area contributed by atoms with Crippen molar-refractivity contribution < 1.29 is 9.90 Å². The molecule has 2 N–H and O–H groups in total. The van der Waals surface area contributed by atoms with Gasteiger partial charge in [-0.3, -0.25) is 9.48 Å². The van der Waals surface area contributed by atoms with Crippen LogP contribution < -0.4 is 5.32 Å². The second-order valence-electron chi connectivity index (χ2n) is 6.79. The summed E-state index contributed by atoms with van der Waals surface area (Å²) in [4.78, 5) is 21.5. The highest BCUT2D eigenvalue weighted by Crippen LogP contribution is 2.24. The average Bonchev–Trinajstić information content (AvgIpc) is 3.14. The number of aromatic nitrogens is 4. The number of carbonyl (C=O) groups excluding carboxylic acids is 1. The molecule has 0 aliphatic rings. The van der Waals surface area contributed by atoms with Gasteiger partial charge in [0.05, 0.1) is 24.1 Å². The smallest absolute Gasteiger partial charge is 0.270 e. The topological polar surface area (TPSA) is 92.9 Å². The number of aliphatic hydroxyl groups is 1. The molecular weight excluding hydrogens is 378 g/mol. The van der Waals surface area contributed by atoms with Crippen LogP contribution in [0.5, 0.6) is 0 Å². The zero-order valence-electron chi connectivity index (χ0n) is 15.8. The van der Waals surface area contributed by atoms with Crippen LogP contribution in [0.4, 0.5) is 0 Å². The largest absolute Gasteiger partial charge is 0.395 e. The van der Waals surface area contributed by atoms with E-state index in [9.17, 15) is 4.79 Å². The summed E-state index contributed by atoms with van der Waals surface area (Å²) in [6.45, 7) is 5.02. The predicted molar refractivity (Wildman–Crippen MR) is 108 cm³/mol. The van der Waals surface area contributed by atoms with E-state index in [0.29, 0.717) is 22.5 Å². The second kappa shape index (κ2) is 8.95. The molecule has 3 rings (SSSR count). The minimum atomic E-state index is -0.373. The molecule has 3 aromatic rings. The van der Waals surface area contributed by atoms with Crippen LogP contribution in [0.25, 0.3) is 22.6 Å². The lowest BCUT2D eigenvalue weighted by Crippen LogP contribution is -2.27. The number of hydrogen-bond donors (Lipinski definition) is 2. The summed E-state index contributed by atoms with van der Waals surface area (Å²) in [5, 5.41) is 16.6. The number of aliphatic hydroxyl groups excluding tert-OH is 1. The van der Waals surface area contributed by atoms with Crippen molar-refractivity contribution in [2.24, 2.45) is 5.92 Å². The Balaban J connectivity index is 2.02. The molecule has 28 heavy (non-hydrogen) atoms. The molecule has 0 bridgehead atoms. The normalized spacial score (nSPS) is 11.0. The fourth-order valence-electron chi connectivity index (χ4n) is 2.67. The van der Waals surface area contributed by atoms with Crippen molar-refractivity contribution in [1.82, 2.24) is 25.1 Å². The van der Waals surface area contributed by atoms with Crippen LogP contribution in [0, 0.1) is 5.92 Å². The molecule has 1 aromatic carbocycles. The minimum absolute atomic E-state index is 0.143. The highest BCUT2D eigenvalue weighted by atomic mass is 35.5. The van der Waals surface area contributed by atoms with Crippen LogP contribution in [-0.2, 0) is 6.54 Å². The summed E-state index contributed by atoms with van der Waals surface area (Å²) in [5.74, 6) is 0.494. The molecule has 0 aliphatic heterocycles. The van der Waals surface area contributed by atoms with Gasteiger partial charge in [0.15, 0.2) is 5.82 Å². The maximum Gasteiger partial charge on any atom is 0.270 e. The molecule has 0 atom stereocenters. The number of nitrogens with one attached hydrogen (secondary N) is 1. The summed E-state index contributed by atoms with van der Waals surface area (Å²) in [5.41, 5.74) is 2.37. The van der Waals surface area contributed by atoms with Crippen molar-refractivity contribution in [2.75, 3.05) is 13.2 Å². The second-order valence-corrected chi connectivity index (χ2v) is 7.23. The van der Waals surface area contributed by atoms with Crippen molar-refractivity contribution >= 4 is 17.5 Å². The number of amides is 1. The molecule has 0 saturated carbocycles. The zero-order chi connectivity index (χ0) is 20.1. The van der Waals surface area contributed by atoms with E-state index in [2.05, 4.69) is 34.2 Å². The molecule has 1 amide bonds. The van der Waals surface area contributed by atoms with E-state index in [-0.39, 0.29) is 24.8 Å². The van der Waals surface area contributed by atoms with Gasteiger partial charge in [-0.1, -0.05) is 37.6 Å². The van der Waals surface area contributed by atoms with Gasteiger partial charge in [-0.2, -0.15) is 5.10 Å². The maximum absolute atomic E-state index is 12.4. The van der Waals surface area contributed by atoms with Crippen molar-refractivity contribution in [3.63, 3.8) is 0 Å². The van der Waals surface area contributed by atoms with Crippen molar-refractivity contribution in [3.8, 4) is 22.6 Å². The van der Waals surface area contributed by atoms with Crippen molar-refractivity contribution in [1.29, 1.82) is 0 Å². The third-order valence-corrected chi connectivity index (χ3v) is 4.19. The lowest BCUT2D eigenvalue weighted by atomic mass is 10.1. The lowest BCUT2D eigenvalue weighted by molar-refractivity contribution is 0.0940. The van der Waals surface area contributed by atoms with Gasteiger partial charge in [0, 0.05) is 29.9 Å². The number of rotatable bonds is 7. The van der Waals surface area contributed by atoms with Crippen LogP contribution in [0.3, 0.4) is 0 Å². The number of benzene rings is 1. The Bertz CT molecular complexity index is 953. The zero-order valence-corrected chi connectivity index (χ0v) is 16.5. The monoisotopic (exact) mass is 399 g/mol. The number of nitrogens with zero attached hydrogens (tertiary/aromatic N) is 4. The molecule has 0 saturated heterocycles. The van der Waals surface area contributed by atoms with E-state index in [4.69, 9.17) is 16.7 Å². The summed E-state index contributed by atoms with van der Waals surface area (Å²) in [7, 11) is 0. The van der Waals surface area contributed by atoms with E-state index in [1.807, 2.05) is 23.0 Å². The average molecular weight is 400 g/mol. The fraction of sp³-hybridized carbons (Fsp3) is 0.300. The maximum atomic E-state index is 12.4. The highest BCUT2D eigenvalue weighted by molar-refractivity contribution is 6.30. The SMILES string of the molecule is CC(C)Cn1cc(-c2nc(C(=O)NCCO)cc(-c3ccc(Cl)cc3)n2)cn1. The third kappa shape index (κ3) is 4.94. The third-order valence-electron chi connectivity index (χ3n) is 3.94. The van der Waals surface area contributed by atoms with Crippen LogP contribution in [0.2, 0.25) is 5.02 Å². The number of carbonyl (C=O) groups is 1. The Morgan fingerprint density at radius 2 is 1.96 bits per heavy atom. The Morgan fingerprint density at radius 1 is 1.21 bits per heavy atom. The first-order valence-corrected chi connectivity index (χ1v) is 9.41. The molecule has 146 valence electrons. The number of halogens is 1. The quantitative estimate of drug-likeness (QED) is 0.637. The standard InChI is InChI=1S/C20H22ClN5O2/c1-13(2)11-26-12-15(10-23-26)19-24-17(14-3-5-16(21)6-4-14)9-18(25-19)20(28)22-7-8-27/h3-6,9-10,12-13,27H,7-8,11H2,1-2H3,(H,22,28). The van der Waals surface area contributed by atoms with Gasteiger partial charge in [-0.15, -0.1) is 0 Å². The van der Waals surface area contributed by atoms with E-state index >= 15 is 0 Å². The predicted octanol–water partition coefficient (Wildman–Crippen LogP) is 3.04. The first-order chi connectivity index (χ1) is 13.5. The minimum Gasteiger partial charge on any atom is -0.395 e. The lowest BCUT2D eigenvalue weighted by Gasteiger charge is -2.08. The summed E-state index contributed by atoms with van der Waals surface area (Å²) < 4.78 is 1.84. The molecule has 2 heterocycles. The van der Waals surface area contributed by atoms with E-state index in [0.717, 1.165) is 17.7 Å². The first kappa shape index (κ1) is 20.0. The molecule has 8 heteroatoms. The van der Waals surface area contributed by atoms with E-state index < -0.39 is 0 Å². The first-order valence-electron chi connectivity index (χ1n) is 9.03. The molecule has 0 spiro atoms. The molecule has 0 unspecified atom stereocenters. The van der Waals surface area contributed by atoms with Gasteiger partial charge in [0.25, 0.3) is 5.91 Å². The highest BCUT2D eigenvalue weighted by Gasteiger charge is 2.15.